The average Bonchev–Trinajstić information content (AvgIpc) is 3.13. The lowest BCUT2D eigenvalue weighted by atomic mass is 10.0. The summed E-state index contributed by atoms with van der Waals surface area (Å²) in [6.45, 7) is 1.87. The van der Waals surface area contributed by atoms with E-state index in [1.807, 2.05) is 6.07 Å². The molecule has 1 unspecified atom stereocenters. The summed E-state index contributed by atoms with van der Waals surface area (Å²) in [5.41, 5.74) is 0.553. The van der Waals surface area contributed by atoms with Crippen molar-refractivity contribution in [3.05, 3.63) is 48.5 Å². The van der Waals surface area contributed by atoms with E-state index in [0.29, 0.717) is 44.1 Å². The molecule has 0 bridgehead atoms. The van der Waals surface area contributed by atoms with Crippen LogP contribution in [0.15, 0.2) is 43.0 Å². The minimum Gasteiger partial charge on any atom is -0.376 e. The quantitative estimate of drug-likeness (QED) is 0.855. The number of anilines is 1. The van der Waals surface area contributed by atoms with Gasteiger partial charge >= 0.3 is 0 Å². The summed E-state index contributed by atoms with van der Waals surface area (Å²) in [6.07, 6.45) is 6.71. The van der Waals surface area contributed by atoms with Crippen molar-refractivity contribution in [3.63, 3.8) is 0 Å². The maximum Gasteiger partial charge on any atom is 0.255 e. The third-order valence-corrected chi connectivity index (χ3v) is 4.69. The minimum atomic E-state index is -0.758. The number of hydrogen-bond donors (Lipinski definition) is 1. The topological polar surface area (TPSA) is 87.8 Å². The first kappa shape index (κ1) is 16.7. The van der Waals surface area contributed by atoms with E-state index in [1.165, 1.54) is 0 Å². The second-order valence-electron chi connectivity index (χ2n) is 6.54. The van der Waals surface area contributed by atoms with E-state index < -0.39 is 5.60 Å². The molecule has 4 heterocycles. The van der Waals surface area contributed by atoms with Gasteiger partial charge in [0.2, 0.25) is 0 Å². The first-order valence-electron chi connectivity index (χ1n) is 8.51. The van der Waals surface area contributed by atoms with Gasteiger partial charge in [0, 0.05) is 25.1 Å². The van der Waals surface area contributed by atoms with Crippen molar-refractivity contribution in [2.45, 2.75) is 5.60 Å². The van der Waals surface area contributed by atoms with Crippen molar-refractivity contribution in [1.82, 2.24) is 14.9 Å². The summed E-state index contributed by atoms with van der Waals surface area (Å²) in [7, 11) is 0. The predicted octanol–water partition coefficient (Wildman–Crippen LogP) is 0.684. The summed E-state index contributed by atoms with van der Waals surface area (Å²) in [5, 5.41) is 0. The largest absolute Gasteiger partial charge is 0.376 e. The van der Waals surface area contributed by atoms with Crippen molar-refractivity contribution in [3.8, 4) is 0 Å². The number of nitrogens with zero attached hydrogens (tertiary/aromatic N) is 3. The van der Waals surface area contributed by atoms with Gasteiger partial charge in [-0.3, -0.25) is 14.6 Å². The molecule has 8 nitrogen and oxygen atoms in total. The lowest BCUT2D eigenvalue weighted by Gasteiger charge is -2.42. The molecule has 4 rings (SSSR count). The zero-order chi connectivity index (χ0) is 18.0. The van der Waals surface area contributed by atoms with E-state index in [-0.39, 0.29) is 18.4 Å². The molecule has 0 aromatic carbocycles. The van der Waals surface area contributed by atoms with Crippen molar-refractivity contribution >= 4 is 17.5 Å². The third kappa shape index (κ3) is 3.21. The fourth-order valence-electron chi connectivity index (χ4n) is 3.36. The molecule has 2 fully saturated rings. The summed E-state index contributed by atoms with van der Waals surface area (Å²) >= 11 is 0. The van der Waals surface area contributed by atoms with Crippen LogP contribution in [-0.4, -0.2) is 71.7 Å². The molecule has 2 saturated heterocycles. The number of aromatic amines is 1. The van der Waals surface area contributed by atoms with Crippen LogP contribution in [0.3, 0.4) is 0 Å². The molecule has 0 aliphatic carbocycles. The van der Waals surface area contributed by atoms with Crippen LogP contribution in [0.5, 0.6) is 0 Å². The number of hydrogen-bond acceptors (Lipinski definition) is 5. The zero-order valence-electron chi connectivity index (χ0n) is 14.3. The smallest absolute Gasteiger partial charge is 0.255 e. The zero-order valence-corrected chi connectivity index (χ0v) is 14.3. The molecule has 2 aromatic rings. The molecule has 136 valence electrons. The number of carbonyl (C=O) groups is 2. The monoisotopic (exact) mass is 356 g/mol. The average molecular weight is 356 g/mol. The first-order chi connectivity index (χ1) is 12.7. The molecule has 2 aromatic heterocycles. The fourth-order valence-corrected chi connectivity index (χ4v) is 3.36. The molecule has 1 spiro atoms. The second kappa shape index (κ2) is 6.89. The number of pyridine rings is 1. The molecule has 0 saturated carbocycles. The maximum absolute atomic E-state index is 12.8. The summed E-state index contributed by atoms with van der Waals surface area (Å²) in [5.74, 6) is -0.207. The number of amides is 2. The standard InChI is InChI=1S/C18H20N4O4/c23-16-10-26-18(12-22(16)15-2-1-4-19-9-15)11-21(6-7-25-13-18)17(24)14-3-5-20-8-14/h1-5,8-9,20H,6-7,10-13H2. The Bertz CT molecular complexity index is 780. The van der Waals surface area contributed by atoms with Gasteiger partial charge in [-0.15, -0.1) is 0 Å². The lowest BCUT2D eigenvalue weighted by molar-refractivity contribution is -0.145. The third-order valence-electron chi connectivity index (χ3n) is 4.69. The summed E-state index contributed by atoms with van der Waals surface area (Å²) in [4.78, 5) is 35.5. The first-order valence-corrected chi connectivity index (χ1v) is 8.51. The number of H-pyrrole nitrogens is 1. The normalized spacial score (nSPS) is 23.9. The van der Waals surface area contributed by atoms with Gasteiger partial charge < -0.3 is 24.3 Å². The molecule has 1 N–H and O–H groups in total. The fraction of sp³-hybridized carbons (Fsp3) is 0.389. The van der Waals surface area contributed by atoms with E-state index in [0.717, 1.165) is 0 Å². The molecular formula is C18H20N4O4. The molecule has 2 aliphatic heterocycles. The van der Waals surface area contributed by atoms with Crippen LogP contribution >= 0.6 is 0 Å². The Morgan fingerprint density at radius 2 is 2.23 bits per heavy atom. The van der Waals surface area contributed by atoms with Crippen LogP contribution in [0, 0.1) is 0 Å². The highest BCUT2D eigenvalue weighted by Crippen LogP contribution is 2.27. The van der Waals surface area contributed by atoms with Crippen LogP contribution in [0.1, 0.15) is 10.4 Å². The Kier molecular flexibility index (Phi) is 4.44. The van der Waals surface area contributed by atoms with Gasteiger partial charge in [0.15, 0.2) is 0 Å². The molecule has 8 heteroatoms. The molecular weight excluding hydrogens is 336 g/mol. The second-order valence-corrected chi connectivity index (χ2v) is 6.54. The van der Waals surface area contributed by atoms with Gasteiger partial charge in [0.1, 0.15) is 12.2 Å². The van der Waals surface area contributed by atoms with E-state index >= 15 is 0 Å². The van der Waals surface area contributed by atoms with E-state index in [4.69, 9.17) is 9.47 Å². The van der Waals surface area contributed by atoms with Gasteiger partial charge in [0.25, 0.3) is 11.8 Å². The number of morpholine rings is 1. The Morgan fingerprint density at radius 1 is 1.31 bits per heavy atom. The van der Waals surface area contributed by atoms with Crippen LogP contribution in [0.4, 0.5) is 5.69 Å². The van der Waals surface area contributed by atoms with Crippen LogP contribution in [-0.2, 0) is 14.3 Å². The lowest BCUT2D eigenvalue weighted by Crippen LogP contribution is -2.61. The minimum absolute atomic E-state index is 0.0512. The Balaban J connectivity index is 1.57. The number of aromatic nitrogens is 2. The van der Waals surface area contributed by atoms with E-state index in [2.05, 4.69) is 9.97 Å². The molecule has 2 aliphatic rings. The highest BCUT2D eigenvalue weighted by Gasteiger charge is 2.44. The Labute approximate surface area is 150 Å². The number of rotatable bonds is 2. The summed E-state index contributed by atoms with van der Waals surface area (Å²) < 4.78 is 11.6. The predicted molar refractivity (Wildman–Crippen MR) is 92.8 cm³/mol. The summed E-state index contributed by atoms with van der Waals surface area (Å²) in [6, 6.07) is 5.37. The van der Waals surface area contributed by atoms with Gasteiger partial charge in [-0.05, 0) is 18.2 Å². The number of carbonyl (C=O) groups excluding carboxylic acids is 2. The maximum atomic E-state index is 12.8. The van der Waals surface area contributed by atoms with Crippen LogP contribution in [0.25, 0.3) is 0 Å². The van der Waals surface area contributed by atoms with Crippen molar-refractivity contribution in [2.24, 2.45) is 0 Å². The van der Waals surface area contributed by atoms with Crippen molar-refractivity contribution < 1.29 is 19.1 Å². The Hall–Kier alpha value is -2.71. The van der Waals surface area contributed by atoms with Crippen LogP contribution in [0.2, 0.25) is 0 Å². The van der Waals surface area contributed by atoms with E-state index in [9.17, 15) is 9.59 Å². The van der Waals surface area contributed by atoms with Crippen molar-refractivity contribution in [1.29, 1.82) is 0 Å². The molecule has 1 atom stereocenters. The Morgan fingerprint density at radius 3 is 3.00 bits per heavy atom. The number of nitrogens with one attached hydrogen (secondary N) is 1. The van der Waals surface area contributed by atoms with Crippen molar-refractivity contribution in [2.75, 3.05) is 44.4 Å². The van der Waals surface area contributed by atoms with Gasteiger partial charge in [-0.2, -0.15) is 0 Å². The van der Waals surface area contributed by atoms with Crippen LogP contribution < -0.4 is 4.90 Å². The van der Waals surface area contributed by atoms with Gasteiger partial charge in [0.05, 0.1) is 43.8 Å². The van der Waals surface area contributed by atoms with E-state index in [1.54, 1.807) is 46.7 Å². The highest BCUT2D eigenvalue weighted by molar-refractivity contribution is 5.95. The molecule has 2 amide bonds. The molecule has 26 heavy (non-hydrogen) atoms. The van der Waals surface area contributed by atoms with Gasteiger partial charge in [-0.25, -0.2) is 0 Å². The highest BCUT2D eigenvalue weighted by atomic mass is 16.6. The number of ether oxygens (including phenoxy) is 2. The molecule has 0 radical (unpaired) electrons. The SMILES string of the molecule is O=C(c1cc[nH]c1)N1CCOCC2(C1)CN(c1cccnc1)C(=O)CO2. The van der Waals surface area contributed by atoms with Gasteiger partial charge in [-0.1, -0.05) is 0 Å².